The molecule has 0 aliphatic carbocycles. The Kier molecular flexibility index (Phi) is 4.30. The first-order valence-electron chi connectivity index (χ1n) is 6.03. The minimum atomic E-state index is -0.529. The maximum absolute atomic E-state index is 13.5. The van der Waals surface area contributed by atoms with Crippen molar-refractivity contribution < 1.29 is 18.7 Å². The highest BCUT2D eigenvalue weighted by molar-refractivity contribution is 5.93. The van der Waals surface area contributed by atoms with Crippen LogP contribution in [0.5, 0.6) is 5.88 Å². The second-order valence-electron chi connectivity index (χ2n) is 4.18. The van der Waals surface area contributed by atoms with E-state index in [4.69, 9.17) is 9.47 Å². The molecular weight excluding hydrogens is 261 g/mol. The third-order valence-electron chi connectivity index (χ3n) is 2.84. The topological polar surface area (TPSA) is 48.4 Å². The third-order valence-corrected chi connectivity index (χ3v) is 2.84. The molecule has 0 amide bonds. The minimum absolute atomic E-state index is 0.00682. The zero-order valence-corrected chi connectivity index (χ0v) is 11.2. The molecule has 0 spiro atoms. The number of hydrogen-bond donors (Lipinski definition) is 0. The Morgan fingerprint density at radius 1 is 1.30 bits per heavy atom. The van der Waals surface area contributed by atoms with Gasteiger partial charge in [0, 0.05) is 11.8 Å². The van der Waals surface area contributed by atoms with Gasteiger partial charge in [-0.25, -0.2) is 14.2 Å². The number of nitrogens with zero attached hydrogens (tertiary/aromatic N) is 1. The van der Waals surface area contributed by atoms with E-state index >= 15 is 0 Å². The smallest absolute Gasteiger partial charge is 0.343 e. The molecule has 1 aromatic carbocycles. The van der Waals surface area contributed by atoms with Gasteiger partial charge in [0.15, 0.2) is 0 Å². The predicted molar refractivity (Wildman–Crippen MR) is 71.0 cm³/mol. The van der Waals surface area contributed by atoms with E-state index < -0.39 is 5.97 Å². The molecule has 0 saturated carbocycles. The molecule has 0 saturated heterocycles. The van der Waals surface area contributed by atoms with Crippen LogP contribution in [0.25, 0.3) is 0 Å². The fourth-order valence-electron chi connectivity index (χ4n) is 1.75. The summed E-state index contributed by atoms with van der Waals surface area (Å²) in [5, 5.41) is 0. The second kappa shape index (κ2) is 6.14. The number of carbonyl (C=O) groups is 1. The van der Waals surface area contributed by atoms with E-state index in [2.05, 4.69) is 4.98 Å². The summed E-state index contributed by atoms with van der Waals surface area (Å²) < 4.78 is 23.7. The van der Waals surface area contributed by atoms with E-state index in [0.29, 0.717) is 11.1 Å². The van der Waals surface area contributed by atoms with Crippen molar-refractivity contribution in [3.8, 4) is 5.88 Å². The number of methoxy groups -OCH3 is 1. The number of esters is 1. The molecule has 0 N–H and O–H groups in total. The zero-order chi connectivity index (χ0) is 14.5. The van der Waals surface area contributed by atoms with Crippen LogP contribution in [0.1, 0.15) is 21.5 Å². The Morgan fingerprint density at radius 2 is 2.05 bits per heavy atom. The maximum Gasteiger partial charge on any atom is 0.343 e. The summed E-state index contributed by atoms with van der Waals surface area (Å²) in [5.74, 6) is -0.751. The lowest BCUT2D eigenvalue weighted by Gasteiger charge is -2.11. The van der Waals surface area contributed by atoms with Gasteiger partial charge in [-0.3, -0.25) is 0 Å². The van der Waals surface area contributed by atoms with Crippen LogP contribution in [0.4, 0.5) is 4.39 Å². The normalized spacial score (nSPS) is 10.2. The summed E-state index contributed by atoms with van der Waals surface area (Å²) >= 11 is 0. The van der Waals surface area contributed by atoms with Crippen LogP contribution in [0.3, 0.4) is 0 Å². The number of carbonyl (C=O) groups excluding carboxylic acids is 1. The van der Waals surface area contributed by atoms with E-state index in [1.54, 1.807) is 31.2 Å². The summed E-state index contributed by atoms with van der Waals surface area (Å²) in [6.45, 7) is 1.75. The van der Waals surface area contributed by atoms with Crippen LogP contribution in [-0.4, -0.2) is 18.1 Å². The second-order valence-corrected chi connectivity index (χ2v) is 4.18. The number of halogens is 1. The van der Waals surface area contributed by atoms with Gasteiger partial charge in [-0.1, -0.05) is 18.2 Å². The van der Waals surface area contributed by atoms with E-state index in [9.17, 15) is 9.18 Å². The Bertz CT molecular complexity index is 628. The Hall–Kier alpha value is -2.43. The number of pyridine rings is 1. The van der Waals surface area contributed by atoms with Crippen molar-refractivity contribution in [3.05, 3.63) is 59.0 Å². The van der Waals surface area contributed by atoms with Crippen molar-refractivity contribution in [2.75, 3.05) is 7.11 Å². The molecule has 104 valence electrons. The number of benzene rings is 1. The van der Waals surface area contributed by atoms with Crippen molar-refractivity contribution in [1.29, 1.82) is 0 Å². The van der Waals surface area contributed by atoms with Gasteiger partial charge in [-0.05, 0) is 24.6 Å². The van der Waals surface area contributed by atoms with E-state index in [1.807, 2.05) is 0 Å². The lowest BCUT2D eigenvalue weighted by Crippen LogP contribution is -2.09. The van der Waals surface area contributed by atoms with Gasteiger partial charge in [0.05, 0.1) is 7.11 Å². The number of rotatable bonds is 4. The van der Waals surface area contributed by atoms with Crippen LogP contribution in [0.2, 0.25) is 0 Å². The molecule has 5 heteroatoms. The SMILES string of the molecule is COC(=O)c1c(C)ccnc1OCc1ccccc1F. The number of hydrogen-bond acceptors (Lipinski definition) is 4. The Balaban J connectivity index is 2.24. The first-order valence-corrected chi connectivity index (χ1v) is 6.03. The summed E-state index contributed by atoms with van der Waals surface area (Å²) in [7, 11) is 1.29. The Morgan fingerprint density at radius 3 is 2.75 bits per heavy atom. The van der Waals surface area contributed by atoms with Gasteiger partial charge in [-0.2, -0.15) is 0 Å². The molecule has 0 radical (unpaired) electrons. The molecule has 20 heavy (non-hydrogen) atoms. The van der Waals surface area contributed by atoms with Gasteiger partial charge >= 0.3 is 5.97 Å². The first kappa shape index (κ1) is 14.0. The quantitative estimate of drug-likeness (QED) is 0.805. The standard InChI is InChI=1S/C15H14FNO3/c1-10-7-8-17-14(13(10)15(18)19-2)20-9-11-5-3-4-6-12(11)16/h3-8H,9H2,1-2H3. The summed E-state index contributed by atoms with van der Waals surface area (Å²) in [6.07, 6.45) is 1.53. The van der Waals surface area contributed by atoms with Crippen molar-refractivity contribution in [3.63, 3.8) is 0 Å². The molecule has 0 atom stereocenters. The molecule has 0 aliphatic heterocycles. The van der Waals surface area contributed by atoms with E-state index in [0.717, 1.165) is 0 Å². The molecular formula is C15H14FNO3. The molecule has 2 rings (SSSR count). The minimum Gasteiger partial charge on any atom is -0.472 e. The summed E-state index contributed by atoms with van der Waals surface area (Å²) in [6, 6.07) is 7.96. The molecule has 2 aromatic rings. The van der Waals surface area contributed by atoms with Crippen LogP contribution in [0.15, 0.2) is 36.5 Å². The molecule has 0 bridgehead atoms. The van der Waals surface area contributed by atoms with Gasteiger partial charge in [0.25, 0.3) is 0 Å². The van der Waals surface area contributed by atoms with Crippen molar-refractivity contribution in [2.24, 2.45) is 0 Å². The fourth-order valence-corrected chi connectivity index (χ4v) is 1.75. The summed E-state index contributed by atoms with van der Waals surface area (Å²) in [5.41, 5.74) is 1.34. The van der Waals surface area contributed by atoms with Crippen LogP contribution in [0, 0.1) is 12.7 Å². The zero-order valence-electron chi connectivity index (χ0n) is 11.2. The Labute approximate surface area is 116 Å². The maximum atomic E-state index is 13.5. The third kappa shape index (κ3) is 2.93. The molecule has 1 aromatic heterocycles. The fraction of sp³-hybridized carbons (Fsp3) is 0.200. The van der Waals surface area contributed by atoms with Gasteiger partial charge in [0.2, 0.25) is 5.88 Å². The highest BCUT2D eigenvalue weighted by atomic mass is 19.1. The number of aromatic nitrogens is 1. The largest absolute Gasteiger partial charge is 0.472 e. The average molecular weight is 275 g/mol. The number of ether oxygens (including phenoxy) is 2. The molecule has 0 fully saturated rings. The van der Waals surface area contributed by atoms with Crippen molar-refractivity contribution >= 4 is 5.97 Å². The monoisotopic (exact) mass is 275 g/mol. The highest BCUT2D eigenvalue weighted by Crippen LogP contribution is 2.21. The van der Waals surface area contributed by atoms with Crippen molar-refractivity contribution in [2.45, 2.75) is 13.5 Å². The summed E-state index contributed by atoms with van der Waals surface area (Å²) in [4.78, 5) is 15.7. The van der Waals surface area contributed by atoms with Crippen molar-refractivity contribution in [1.82, 2.24) is 4.98 Å². The van der Waals surface area contributed by atoms with Gasteiger partial charge in [-0.15, -0.1) is 0 Å². The lowest BCUT2D eigenvalue weighted by molar-refractivity contribution is 0.0593. The highest BCUT2D eigenvalue weighted by Gasteiger charge is 2.17. The van der Waals surface area contributed by atoms with Gasteiger partial charge in [0.1, 0.15) is 18.0 Å². The molecule has 0 aliphatic rings. The molecule has 0 unspecified atom stereocenters. The van der Waals surface area contributed by atoms with E-state index in [1.165, 1.54) is 19.4 Å². The predicted octanol–water partition coefficient (Wildman–Crippen LogP) is 2.89. The first-order chi connectivity index (χ1) is 9.63. The van der Waals surface area contributed by atoms with Crippen LogP contribution < -0.4 is 4.74 Å². The average Bonchev–Trinajstić information content (AvgIpc) is 2.46. The number of aryl methyl sites for hydroxylation is 1. The van der Waals surface area contributed by atoms with E-state index in [-0.39, 0.29) is 23.9 Å². The molecule has 4 nitrogen and oxygen atoms in total. The molecule has 1 heterocycles. The van der Waals surface area contributed by atoms with Crippen LogP contribution >= 0.6 is 0 Å². The van der Waals surface area contributed by atoms with Crippen LogP contribution in [-0.2, 0) is 11.3 Å². The van der Waals surface area contributed by atoms with Gasteiger partial charge < -0.3 is 9.47 Å². The lowest BCUT2D eigenvalue weighted by atomic mass is 10.1.